The summed E-state index contributed by atoms with van der Waals surface area (Å²) in [5.41, 5.74) is 4.72. The molecule has 2 atom stereocenters. The number of fused-ring (bicyclic) bond motifs is 1. The van der Waals surface area contributed by atoms with Crippen LogP contribution in [0.2, 0.25) is 0 Å². The lowest BCUT2D eigenvalue weighted by atomic mass is 9.70. The molecule has 0 aliphatic heterocycles. The molecule has 130 valence electrons. The molecule has 3 rings (SSSR count). The van der Waals surface area contributed by atoms with Gasteiger partial charge in [0.25, 0.3) is 5.91 Å². The highest BCUT2D eigenvalue weighted by Crippen LogP contribution is 2.39. The van der Waals surface area contributed by atoms with E-state index in [-0.39, 0.29) is 12.5 Å². The number of hydrogen-bond donors (Lipinski definition) is 2. The van der Waals surface area contributed by atoms with Crippen LogP contribution in [0.3, 0.4) is 0 Å². The van der Waals surface area contributed by atoms with Crippen molar-refractivity contribution in [2.24, 2.45) is 16.9 Å². The van der Waals surface area contributed by atoms with Crippen molar-refractivity contribution in [1.29, 1.82) is 0 Å². The maximum Gasteiger partial charge on any atom is 0.259 e. The Morgan fingerprint density at radius 1 is 1.25 bits per heavy atom. The summed E-state index contributed by atoms with van der Waals surface area (Å²) < 4.78 is 5.17. The molecule has 2 aliphatic carbocycles. The van der Waals surface area contributed by atoms with Crippen LogP contribution in [0.1, 0.15) is 44.9 Å². The van der Waals surface area contributed by atoms with Gasteiger partial charge in [-0.3, -0.25) is 4.79 Å². The maximum absolute atomic E-state index is 12.0. The van der Waals surface area contributed by atoms with Crippen LogP contribution in [0.4, 0.5) is 5.69 Å². The predicted molar refractivity (Wildman–Crippen MR) is 96.4 cm³/mol. The van der Waals surface area contributed by atoms with E-state index in [0.29, 0.717) is 0 Å². The third-order valence-corrected chi connectivity index (χ3v) is 5.23. The third kappa shape index (κ3) is 4.49. The van der Waals surface area contributed by atoms with Crippen LogP contribution in [-0.4, -0.2) is 25.3 Å². The molecule has 1 aromatic carbocycles. The first kappa shape index (κ1) is 16.8. The van der Waals surface area contributed by atoms with E-state index in [9.17, 15) is 4.79 Å². The number of nitrogens with one attached hydrogen (secondary N) is 2. The molecule has 0 saturated heterocycles. The predicted octanol–water partition coefficient (Wildman–Crippen LogP) is 3.57. The molecular formula is C19H27N3O2. The standard InChI is InChI=1S/C19H27N3O2/c1-24-18-8-4-7-16(12-18)20-13-19(23)22-21-17-10-9-14-5-2-3-6-15(14)11-17/h4,7-8,12,14-15,20H,2-3,5-6,9-11,13H2,1H3,(H,22,23)/b21-17-/t14-,15-/m0/s1. The Morgan fingerprint density at radius 3 is 2.92 bits per heavy atom. The number of anilines is 1. The summed E-state index contributed by atoms with van der Waals surface area (Å²) in [5, 5.41) is 7.46. The lowest BCUT2D eigenvalue weighted by Crippen LogP contribution is -2.31. The zero-order valence-electron chi connectivity index (χ0n) is 14.4. The van der Waals surface area contributed by atoms with Gasteiger partial charge in [0.1, 0.15) is 5.75 Å². The summed E-state index contributed by atoms with van der Waals surface area (Å²) in [6, 6.07) is 7.54. The molecule has 24 heavy (non-hydrogen) atoms. The van der Waals surface area contributed by atoms with Gasteiger partial charge in [-0.05, 0) is 49.7 Å². The average molecular weight is 329 g/mol. The topological polar surface area (TPSA) is 62.7 Å². The van der Waals surface area contributed by atoms with E-state index >= 15 is 0 Å². The summed E-state index contributed by atoms with van der Waals surface area (Å²) in [7, 11) is 1.63. The van der Waals surface area contributed by atoms with Crippen molar-refractivity contribution in [2.75, 3.05) is 19.0 Å². The van der Waals surface area contributed by atoms with E-state index in [1.165, 1.54) is 32.1 Å². The van der Waals surface area contributed by atoms with Crippen LogP contribution in [0.5, 0.6) is 5.75 Å². The number of carbonyl (C=O) groups excluding carboxylic acids is 1. The van der Waals surface area contributed by atoms with Gasteiger partial charge in [-0.2, -0.15) is 5.10 Å². The molecule has 0 heterocycles. The molecule has 0 spiro atoms. The summed E-state index contributed by atoms with van der Waals surface area (Å²) >= 11 is 0. The minimum atomic E-state index is -0.115. The maximum atomic E-state index is 12.0. The Balaban J connectivity index is 1.45. The number of rotatable bonds is 5. The second-order valence-corrected chi connectivity index (χ2v) is 6.85. The zero-order valence-corrected chi connectivity index (χ0v) is 14.4. The highest BCUT2D eigenvalue weighted by atomic mass is 16.5. The average Bonchev–Trinajstić information content (AvgIpc) is 2.64. The van der Waals surface area contributed by atoms with Crippen LogP contribution in [-0.2, 0) is 4.79 Å². The minimum absolute atomic E-state index is 0.115. The molecule has 1 amide bonds. The number of hydrazone groups is 1. The van der Waals surface area contributed by atoms with Crippen LogP contribution in [0.25, 0.3) is 0 Å². The molecule has 2 N–H and O–H groups in total. The van der Waals surface area contributed by atoms with Crippen LogP contribution in [0, 0.1) is 11.8 Å². The van der Waals surface area contributed by atoms with Crippen molar-refractivity contribution in [1.82, 2.24) is 5.43 Å². The Bertz CT molecular complexity index is 600. The van der Waals surface area contributed by atoms with E-state index in [2.05, 4.69) is 15.8 Å². The minimum Gasteiger partial charge on any atom is -0.497 e. The zero-order chi connectivity index (χ0) is 16.8. The van der Waals surface area contributed by atoms with Crippen LogP contribution in [0.15, 0.2) is 29.4 Å². The number of benzene rings is 1. The molecule has 0 bridgehead atoms. The largest absolute Gasteiger partial charge is 0.497 e. The Morgan fingerprint density at radius 2 is 2.08 bits per heavy atom. The Labute approximate surface area is 143 Å². The van der Waals surface area contributed by atoms with Crippen molar-refractivity contribution >= 4 is 17.3 Å². The number of carbonyl (C=O) groups is 1. The highest BCUT2D eigenvalue weighted by Gasteiger charge is 2.30. The van der Waals surface area contributed by atoms with Gasteiger partial charge in [-0.1, -0.05) is 25.3 Å². The SMILES string of the molecule is COc1cccc(NCC(=O)N/N=C2/CC[C@@H]3CCCC[C@H]3C2)c1. The Kier molecular flexibility index (Phi) is 5.72. The number of ether oxygens (including phenoxy) is 1. The molecule has 2 saturated carbocycles. The second-order valence-electron chi connectivity index (χ2n) is 6.85. The fourth-order valence-corrected chi connectivity index (χ4v) is 3.89. The smallest absolute Gasteiger partial charge is 0.259 e. The Hall–Kier alpha value is -2.04. The van der Waals surface area contributed by atoms with Gasteiger partial charge in [0, 0.05) is 17.5 Å². The molecule has 5 heteroatoms. The van der Waals surface area contributed by atoms with Crippen molar-refractivity contribution in [3.63, 3.8) is 0 Å². The van der Waals surface area contributed by atoms with Gasteiger partial charge in [-0.15, -0.1) is 0 Å². The highest BCUT2D eigenvalue weighted by molar-refractivity contribution is 5.88. The lowest BCUT2D eigenvalue weighted by Gasteiger charge is -2.35. The summed E-state index contributed by atoms with van der Waals surface area (Å²) in [4.78, 5) is 12.0. The number of methoxy groups -OCH3 is 1. The number of hydrogen-bond acceptors (Lipinski definition) is 4. The monoisotopic (exact) mass is 329 g/mol. The van der Waals surface area contributed by atoms with E-state index in [0.717, 1.165) is 41.8 Å². The van der Waals surface area contributed by atoms with Gasteiger partial charge in [0.15, 0.2) is 0 Å². The first-order valence-corrected chi connectivity index (χ1v) is 8.97. The first-order chi connectivity index (χ1) is 11.7. The molecule has 1 aromatic rings. The first-order valence-electron chi connectivity index (χ1n) is 8.97. The van der Waals surface area contributed by atoms with Crippen LogP contribution >= 0.6 is 0 Å². The fraction of sp³-hybridized carbons (Fsp3) is 0.579. The molecular weight excluding hydrogens is 302 g/mol. The van der Waals surface area contributed by atoms with E-state index in [1.54, 1.807) is 7.11 Å². The quantitative estimate of drug-likeness (QED) is 0.812. The molecule has 5 nitrogen and oxygen atoms in total. The fourth-order valence-electron chi connectivity index (χ4n) is 3.89. The molecule has 0 unspecified atom stereocenters. The van der Waals surface area contributed by atoms with Crippen molar-refractivity contribution < 1.29 is 9.53 Å². The van der Waals surface area contributed by atoms with E-state index in [1.807, 2.05) is 24.3 Å². The van der Waals surface area contributed by atoms with Crippen molar-refractivity contribution in [3.8, 4) is 5.75 Å². The van der Waals surface area contributed by atoms with Crippen LogP contribution < -0.4 is 15.5 Å². The van der Waals surface area contributed by atoms with Gasteiger partial charge >= 0.3 is 0 Å². The van der Waals surface area contributed by atoms with Gasteiger partial charge < -0.3 is 10.1 Å². The third-order valence-electron chi connectivity index (χ3n) is 5.23. The van der Waals surface area contributed by atoms with Gasteiger partial charge in [0.2, 0.25) is 0 Å². The van der Waals surface area contributed by atoms with Crippen molar-refractivity contribution in [3.05, 3.63) is 24.3 Å². The molecule has 2 aliphatic rings. The summed E-state index contributed by atoms with van der Waals surface area (Å²) in [5.74, 6) is 2.34. The summed E-state index contributed by atoms with van der Waals surface area (Å²) in [6.07, 6.45) is 8.79. The molecule has 0 radical (unpaired) electrons. The number of nitrogens with zero attached hydrogens (tertiary/aromatic N) is 1. The van der Waals surface area contributed by atoms with E-state index in [4.69, 9.17) is 4.74 Å². The van der Waals surface area contributed by atoms with Gasteiger partial charge in [-0.25, -0.2) is 5.43 Å². The number of amides is 1. The van der Waals surface area contributed by atoms with Crippen molar-refractivity contribution in [2.45, 2.75) is 44.9 Å². The second kappa shape index (κ2) is 8.18. The molecule has 0 aromatic heterocycles. The van der Waals surface area contributed by atoms with Gasteiger partial charge in [0.05, 0.1) is 13.7 Å². The molecule has 2 fully saturated rings. The summed E-state index contributed by atoms with van der Waals surface area (Å²) in [6.45, 7) is 0.204. The van der Waals surface area contributed by atoms with E-state index < -0.39 is 0 Å². The lowest BCUT2D eigenvalue weighted by molar-refractivity contribution is -0.119. The normalized spacial score (nSPS) is 25.0.